The molecule has 120 valence electrons. The number of aryl methyl sites for hydroxylation is 1. The first-order valence-corrected chi connectivity index (χ1v) is 7.73. The molecule has 1 aromatic heterocycles. The van der Waals surface area contributed by atoms with E-state index in [2.05, 4.69) is 20.8 Å². The van der Waals surface area contributed by atoms with E-state index in [1.165, 1.54) is 0 Å². The SMILES string of the molecule is Cc1ccccc1Nc1ccc(C(=O)Nc2ccc(Cl)cc2)nn1. The third-order valence-electron chi connectivity index (χ3n) is 3.41. The summed E-state index contributed by atoms with van der Waals surface area (Å²) in [5.74, 6) is 0.250. The van der Waals surface area contributed by atoms with Crippen LogP contribution in [0.25, 0.3) is 0 Å². The van der Waals surface area contributed by atoms with E-state index < -0.39 is 0 Å². The number of halogens is 1. The summed E-state index contributed by atoms with van der Waals surface area (Å²) >= 11 is 5.82. The monoisotopic (exact) mass is 338 g/mol. The number of rotatable bonds is 4. The zero-order chi connectivity index (χ0) is 16.9. The minimum Gasteiger partial charge on any atom is -0.339 e. The maximum Gasteiger partial charge on any atom is 0.276 e. The molecule has 6 heteroatoms. The first-order valence-electron chi connectivity index (χ1n) is 7.35. The van der Waals surface area contributed by atoms with Crippen molar-refractivity contribution in [3.05, 3.63) is 76.9 Å². The zero-order valence-electron chi connectivity index (χ0n) is 13.0. The lowest BCUT2D eigenvalue weighted by Crippen LogP contribution is -2.14. The predicted octanol–water partition coefficient (Wildman–Crippen LogP) is 4.43. The van der Waals surface area contributed by atoms with Gasteiger partial charge in [-0.05, 0) is 55.0 Å². The van der Waals surface area contributed by atoms with E-state index in [1.54, 1.807) is 36.4 Å². The van der Waals surface area contributed by atoms with Gasteiger partial charge in [-0.15, -0.1) is 10.2 Å². The molecule has 2 N–H and O–H groups in total. The standard InChI is InChI=1S/C18H15ClN4O/c1-12-4-2-3-5-15(12)21-17-11-10-16(22-23-17)18(24)20-14-8-6-13(19)7-9-14/h2-11H,1H3,(H,20,24)(H,21,23). The summed E-state index contributed by atoms with van der Waals surface area (Å²) in [6, 6.07) is 18.1. The Balaban J connectivity index is 1.68. The third-order valence-corrected chi connectivity index (χ3v) is 3.66. The molecule has 0 spiro atoms. The summed E-state index contributed by atoms with van der Waals surface area (Å²) in [5.41, 5.74) is 2.93. The number of aromatic nitrogens is 2. The molecule has 0 bridgehead atoms. The fourth-order valence-corrected chi connectivity index (χ4v) is 2.23. The van der Waals surface area contributed by atoms with Gasteiger partial charge in [-0.25, -0.2) is 0 Å². The van der Waals surface area contributed by atoms with Crippen LogP contribution in [0.1, 0.15) is 16.1 Å². The first kappa shape index (κ1) is 16.0. The summed E-state index contributed by atoms with van der Waals surface area (Å²) < 4.78 is 0. The molecule has 24 heavy (non-hydrogen) atoms. The van der Waals surface area contributed by atoms with Crippen molar-refractivity contribution in [1.82, 2.24) is 10.2 Å². The largest absolute Gasteiger partial charge is 0.339 e. The van der Waals surface area contributed by atoms with Crippen LogP contribution in [-0.4, -0.2) is 16.1 Å². The van der Waals surface area contributed by atoms with Crippen LogP contribution in [-0.2, 0) is 0 Å². The fourth-order valence-electron chi connectivity index (χ4n) is 2.10. The average molecular weight is 339 g/mol. The Kier molecular flexibility index (Phi) is 4.72. The van der Waals surface area contributed by atoms with Gasteiger partial charge >= 0.3 is 0 Å². The average Bonchev–Trinajstić information content (AvgIpc) is 2.59. The molecular weight excluding hydrogens is 324 g/mol. The van der Waals surface area contributed by atoms with Crippen LogP contribution in [0.5, 0.6) is 0 Å². The normalized spacial score (nSPS) is 10.2. The number of nitrogens with one attached hydrogen (secondary N) is 2. The van der Waals surface area contributed by atoms with E-state index in [9.17, 15) is 4.79 Å². The van der Waals surface area contributed by atoms with Gasteiger partial charge in [0.25, 0.3) is 5.91 Å². The van der Waals surface area contributed by atoms with E-state index in [0.717, 1.165) is 11.3 Å². The Labute approximate surface area is 144 Å². The number of benzene rings is 2. The number of hydrogen-bond acceptors (Lipinski definition) is 4. The van der Waals surface area contributed by atoms with Crippen LogP contribution in [0.15, 0.2) is 60.7 Å². The molecule has 0 saturated carbocycles. The zero-order valence-corrected chi connectivity index (χ0v) is 13.7. The molecule has 2 aromatic carbocycles. The quantitative estimate of drug-likeness (QED) is 0.738. The van der Waals surface area contributed by atoms with Crippen molar-refractivity contribution in [2.24, 2.45) is 0 Å². The molecule has 3 aromatic rings. The summed E-state index contributed by atoms with van der Waals surface area (Å²) in [5, 5.41) is 14.5. The highest BCUT2D eigenvalue weighted by Crippen LogP contribution is 2.18. The summed E-state index contributed by atoms with van der Waals surface area (Å²) in [6.07, 6.45) is 0. The van der Waals surface area contributed by atoms with Crippen molar-refractivity contribution in [3.63, 3.8) is 0 Å². The Morgan fingerprint density at radius 1 is 0.958 bits per heavy atom. The second-order valence-corrected chi connectivity index (χ2v) is 5.64. The van der Waals surface area contributed by atoms with Crippen molar-refractivity contribution < 1.29 is 4.79 Å². The molecule has 0 aliphatic carbocycles. The fraction of sp³-hybridized carbons (Fsp3) is 0.0556. The summed E-state index contributed by atoms with van der Waals surface area (Å²) in [7, 11) is 0. The molecular formula is C18H15ClN4O. The van der Waals surface area contributed by atoms with Crippen LogP contribution in [0.4, 0.5) is 17.2 Å². The molecule has 5 nitrogen and oxygen atoms in total. The molecule has 0 fully saturated rings. The molecule has 1 amide bonds. The van der Waals surface area contributed by atoms with Crippen molar-refractivity contribution in [1.29, 1.82) is 0 Å². The van der Waals surface area contributed by atoms with Crippen molar-refractivity contribution >= 4 is 34.7 Å². The van der Waals surface area contributed by atoms with Crippen LogP contribution >= 0.6 is 11.6 Å². The van der Waals surface area contributed by atoms with Crippen LogP contribution < -0.4 is 10.6 Å². The van der Waals surface area contributed by atoms with Crippen molar-refractivity contribution in [3.8, 4) is 0 Å². The Morgan fingerprint density at radius 2 is 1.71 bits per heavy atom. The van der Waals surface area contributed by atoms with Crippen LogP contribution in [0.3, 0.4) is 0 Å². The van der Waals surface area contributed by atoms with Gasteiger partial charge in [-0.3, -0.25) is 4.79 Å². The Hall–Kier alpha value is -2.92. The molecule has 3 rings (SSSR count). The van der Waals surface area contributed by atoms with E-state index in [0.29, 0.717) is 16.5 Å². The topological polar surface area (TPSA) is 66.9 Å². The number of hydrogen-bond donors (Lipinski definition) is 2. The lowest BCUT2D eigenvalue weighted by Gasteiger charge is -2.08. The van der Waals surface area contributed by atoms with E-state index in [-0.39, 0.29) is 11.6 Å². The van der Waals surface area contributed by atoms with Crippen molar-refractivity contribution in [2.45, 2.75) is 6.92 Å². The lowest BCUT2D eigenvalue weighted by molar-refractivity contribution is 0.102. The Morgan fingerprint density at radius 3 is 2.38 bits per heavy atom. The third kappa shape index (κ3) is 3.88. The van der Waals surface area contributed by atoms with Gasteiger partial charge in [0.15, 0.2) is 11.5 Å². The van der Waals surface area contributed by atoms with E-state index in [4.69, 9.17) is 11.6 Å². The van der Waals surface area contributed by atoms with Gasteiger partial charge in [-0.2, -0.15) is 0 Å². The molecule has 0 unspecified atom stereocenters. The van der Waals surface area contributed by atoms with Gasteiger partial charge in [0, 0.05) is 16.4 Å². The second-order valence-electron chi connectivity index (χ2n) is 5.20. The highest BCUT2D eigenvalue weighted by molar-refractivity contribution is 6.30. The molecule has 0 aliphatic heterocycles. The van der Waals surface area contributed by atoms with Gasteiger partial charge < -0.3 is 10.6 Å². The molecule has 0 atom stereocenters. The van der Waals surface area contributed by atoms with Gasteiger partial charge in [0.05, 0.1) is 0 Å². The minimum atomic E-state index is -0.327. The maximum atomic E-state index is 12.2. The molecule has 1 heterocycles. The lowest BCUT2D eigenvalue weighted by atomic mass is 10.2. The number of amides is 1. The predicted molar refractivity (Wildman–Crippen MR) is 95.9 cm³/mol. The van der Waals surface area contributed by atoms with Gasteiger partial charge in [0.2, 0.25) is 0 Å². The molecule has 0 saturated heterocycles. The van der Waals surface area contributed by atoms with Crippen LogP contribution in [0, 0.1) is 6.92 Å². The summed E-state index contributed by atoms with van der Waals surface area (Å²) in [4.78, 5) is 12.2. The first-order chi connectivity index (χ1) is 11.6. The van der Waals surface area contributed by atoms with E-state index >= 15 is 0 Å². The molecule has 0 radical (unpaired) electrons. The van der Waals surface area contributed by atoms with Crippen LogP contribution in [0.2, 0.25) is 5.02 Å². The van der Waals surface area contributed by atoms with Gasteiger partial charge in [0.1, 0.15) is 0 Å². The van der Waals surface area contributed by atoms with Crippen molar-refractivity contribution in [2.75, 3.05) is 10.6 Å². The Bertz CT molecular complexity index is 848. The minimum absolute atomic E-state index is 0.236. The highest BCUT2D eigenvalue weighted by Gasteiger charge is 2.09. The highest BCUT2D eigenvalue weighted by atomic mass is 35.5. The maximum absolute atomic E-state index is 12.2. The summed E-state index contributed by atoms with van der Waals surface area (Å²) in [6.45, 7) is 2.00. The molecule has 0 aliphatic rings. The van der Waals surface area contributed by atoms with E-state index in [1.807, 2.05) is 31.2 Å². The number of carbonyl (C=O) groups is 1. The van der Waals surface area contributed by atoms with Gasteiger partial charge in [-0.1, -0.05) is 29.8 Å². The number of nitrogens with zero attached hydrogens (tertiary/aromatic N) is 2. The smallest absolute Gasteiger partial charge is 0.276 e. The number of carbonyl (C=O) groups excluding carboxylic acids is 1. The number of para-hydroxylation sites is 1. The second kappa shape index (κ2) is 7.10. The number of anilines is 3.